The largest absolute Gasteiger partial charge is 0.281 e. The van der Waals surface area contributed by atoms with E-state index in [1.165, 1.54) is 27.1 Å². The summed E-state index contributed by atoms with van der Waals surface area (Å²) >= 11 is 5.11. The summed E-state index contributed by atoms with van der Waals surface area (Å²) in [5.74, 6) is 0. The van der Waals surface area contributed by atoms with E-state index in [-0.39, 0.29) is 15.1 Å². The van der Waals surface area contributed by atoms with Gasteiger partial charge in [-0.25, -0.2) is 0 Å². The second-order valence-electron chi connectivity index (χ2n) is 7.28. The molecule has 1 aliphatic rings. The first kappa shape index (κ1) is 17.9. The summed E-state index contributed by atoms with van der Waals surface area (Å²) in [7, 11) is 0. The standard InChI is InChI=1S/C22H20OS3/c1-22(2,3)26-21-17-16(18(25-21)14-10-6-4-7-11-14)20(23)24-19(17)15-12-8-5-9-13-15/h4-13,19H,1-3H3. The van der Waals surface area contributed by atoms with Crippen LogP contribution in [-0.4, -0.2) is 9.86 Å². The van der Waals surface area contributed by atoms with Crippen LogP contribution in [0.2, 0.25) is 0 Å². The van der Waals surface area contributed by atoms with Gasteiger partial charge in [-0.1, -0.05) is 93.2 Å². The van der Waals surface area contributed by atoms with Gasteiger partial charge in [0.1, 0.15) is 0 Å². The zero-order valence-corrected chi connectivity index (χ0v) is 17.4. The van der Waals surface area contributed by atoms with Gasteiger partial charge in [-0.15, -0.1) is 23.1 Å². The summed E-state index contributed by atoms with van der Waals surface area (Å²) in [6, 6.07) is 20.7. The van der Waals surface area contributed by atoms with E-state index < -0.39 is 0 Å². The first-order valence-corrected chi connectivity index (χ1v) is 11.1. The van der Waals surface area contributed by atoms with E-state index in [0.717, 1.165) is 16.0 Å². The fourth-order valence-electron chi connectivity index (χ4n) is 3.10. The number of thiophene rings is 1. The third-order valence-corrected chi connectivity index (χ3v) is 7.87. The normalized spacial score (nSPS) is 16.7. The van der Waals surface area contributed by atoms with E-state index >= 15 is 0 Å². The first-order chi connectivity index (χ1) is 12.4. The molecular weight excluding hydrogens is 376 g/mol. The van der Waals surface area contributed by atoms with Gasteiger partial charge in [0.15, 0.2) is 0 Å². The van der Waals surface area contributed by atoms with Crippen LogP contribution in [0.4, 0.5) is 0 Å². The molecule has 0 radical (unpaired) electrons. The minimum atomic E-state index is 0.0947. The first-order valence-electron chi connectivity index (χ1n) is 8.61. The van der Waals surface area contributed by atoms with E-state index in [1.54, 1.807) is 11.3 Å². The molecule has 0 aliphatic carbocycles. The van der Waals surface area contributed by atoms with Crippen LogP contribution in [0.1, 0.15) is 47.5 Å². The Hall–Kier alpha value is -1.49. The summed E-state index contributed by atoms with van der Waals surface area (Å²) in [5, 5.41) is 0.293. The van der Waals surface area contributed by atoms with Crippen molar-refractivity contribution in [3.05, 3.63) is 77.4 Å². The summed E-state index contributed by atoms with van der Waals surface area (Å²) in [5.41, 5.74) is 4.48. The highest BCUT2D eigenvalue weighted by molar-refractivity contribution is 8.15. The van der Waals surface area contributed by atoms with Crippen molar-refractivity contribution >= 4 is 40.0 Å². The maximum Gasteiger partial charge on any atom is 0.222 e. The second kappa shape index (κ2) is 6.91. The van der Waals surface area contributed by atoms with Gasteiger partial charge < -0.3 is 0 Å². The lowest BCUT2D eigenvalue weighted by atomic mass is 10.0. The van der Waals surface area contributed by atoms with Gasteiger partial charge in [-0.3, -0.25) is 4.79 Å². The average Bonchev–Trinajstić information content (AvgIpc) is 3.15. The van der Waals surface area contributed by atoms with E-state index in [1.807, 2.05) is 36.0 Å². The number of carbonyl (C=O) groups is 1. The minimum absolute atomic E-state index is 0.0947. The molecule has 0 saturated carbocycles. The van der Waals surface area contributed by atoms with Crippen molar-refractivity contribution in [2.45, 2.75) is 35.0 Å². The Bertz CT molecular complexity index is 937. The van der Waals surface area contributed by atoms with Crippen molar-refractivity contribution in [1.29, 1.82) is 0 Å². The molecule has 0 spiro atoms. The monoisotopic (exact) mass is 396 g/mol. The lowest BCUT2D eigenvalue weighted by molar-refractivity contribution is 0.109. The maximum atomic E-state index is 13.0. The lowest BCUT2D eigenvalue weighted by Gasteiger charge is -2.19. The molecule has 0 fully saturated rings. The number of carbonyl (C=O) groups excluding carboxylic acids is 1. The smallest absolute Gasteiger partial charge is 0.222 e. The summed E-state index contributed by atoms with van der Waals surface area (Å²) < 4.78 is 1.38. The third-order valence-electron chi connectivity index (χ3n) is 4.14. The number of rotatable bonds is 3. The second-order valence-corrected chi connectivity index (χ2v) is 11.5. The molecule has 0 bridgehead atoms. The van der Waals surface area contributed by atoms with Crippen molar-refractivity contribution < 1.29 is 4.79 Å². The van der Waals surface area contributed by atoms with Crippen molar-refractivity contribution in [2.75, 3.05) is 0 Å². The lowest BCUT2D eigenvalue weighted by Crippen LogP contribution is -2.07. The highest BCUT2D eigenvalue weighted by Crippen LogP contribution is 2.57. The SMILES string of the molecule is CC(C)(C)Sc1sc(-c2ccccc2)c2c1C(c1ccccc1)SC2=O. The molecule has 0 amide bonds. The molecule has 0 N–H and O–H groups in total. The molecule has 26 heavy (non-hydrogen) atoms. The van der Waals surface area contributed by atoms with Gasteiger partial charge >= 0.3 is 0 Å². The maximum absolute atomic E-state index is 13.0. The molecule has 3 aromatic rings. The average molecular weight is 397 g/mol. The number of hydrogen-bond acceptors (Lipinski definition) is 4. The van der Waals surface area contributed by atoms with Gasteiger partial charge in [0.2, 0.25) is 5.12 Å². The van der Waals surface area contributed by atoms with Gasteiger partial charge in [0.05, 0.1) is 15.0 Å². The number of thioether (sulfide) groups is 2. The number of fused-ring (bicyclic) bond motifs is 1. The van der Waals surface area contributed by atoms with Crippen LogP contribution in [0, 0.1) is 0 Å². The van der Waals surface area contributed by atoms with Crippen molar-refractivity contribution in [1.82, 2.24) is 0 Å². The molecule has 0 saturated heterocycles. The zero-order valence-electron chi connectivity index (χ0n) is 15.0. The Morgan fingerprint density at radius 1 is 0.923 bits per heavy atom. The summed E-state index contributed by atoms with van der Waals surface area (Å²) in [6.07, 6.45) is 0. The Balaban J connectivity index is 1.91. The van der Waals surface area contributed by atoms with Crippen molar-refractivity contribution in [3.63, 3.8) is 0 Å². The topological polar surface area (TPSA) is 17.1 Å². The third kappa shape index (κ3) is 3.38. The Morgan fingerprint density at radius 3 is 2.15 bits per heavy atom. The molecule has 1 aromatic heterocycles. The van der Waals surface area contributed by atoms with Crippen LogP contribution < -0.4 is 0 Å². The molecule has 4 rings (SSSR count). The fraction of sp³-hybridized carbons (Fsp3) is 0.227. The van der Waals surface area contributed by atoms with E-state index in [0.29, 0.717) is 0 Å². The molecule has 2 heterocycles. The quantitative estimate of drug-likeness (QED) is 0.433. The van der Waals surface area contributed by atoms with Crippen molar-refractivity contribution in [3.8, 4) is 10.4 Å². The van der Waals surface area contributed by atoms with Gasteiger partial charge in [-0.2, -0.15) is 0 Å². The molecule has 1 unspecified atom stereocenters. The highest BCUT2D eigenvalue weighted by atomic mass is 32.2. The molecule has 132 valence electrons. The van der Waals surface area contributed by atoms with E-state index in [9.17, 15) is 4.79 Å². The molecule has 1 aliphatic heterocycles. The predicted molar refractivity (Wildman–Crippen MR) is 116 cm³/mol. The molecule has 1 atom stereocenters. The van der Waals surface area contributed by atoms with Crippen LogP contribution in [0.5, 0.6) is 0 Å². The molecule has 4 heteroatoms. The van der Waals surface area contributed by atoms with Crippen LogP contribution in [-0.2, 0) is 0 Å². The Labute approximate surface area is 167 Å². The van der Waals surface area contributed by atoms with Crippen molar-refractivity contribution in [2.24, 2.45) is 0 Å². The van der Waals surface area contributed by atoms with Gasteiger partial charge in [0, 0.05) is 15.2 Å². The predicted octanol–water partition coefficient (Wildman–Crippen LogP) is 7.28. The molecular formula is C22H20OS3. The highest BCUT2D eigenvalue weighted by Gasteiger charge is 2.39. The van der Waals surface area contributed by atoms with Crippen LogP contribution >= 0.6 is 34.9 Å². The van der Waals surface area contributed by atoms with Crippen LogP contribution in [0.3, 0.4) is 0 Å². The Kier molecular flexibility index (Phi) is 4.76. The molecule has 2 aromatic carbocycles. The van der Waals surface area contributed by atoms with E-state index in [2.05, 4.69) is 57.2 Å². The summed E-state index contributed by atoms with van der Waals surface area (Å²) in [4.78, 5) is 14.1. The fourth-order valence-corrected chi connectivity index (χ4v) is 7.63. The van der Waals surface area contributed by atoms with Crippen LogP contribution in [0.15, 0.2) is 64.9 Å². The summed E-state index contributed by atoms with van der Waals surface area (Å²) in [6.45, 7) is 6.69. The minimum Gasteiger partial charge on any atom is -0.281 e. The van der Waals surface area contributed by atoms with Crippen LogP contribution in [0.25, 0.3) is 10.4 Å². The number of hydrogen-bond donors (Lipinski definition) is 0. The van der Waals surface area contributed by atoms with E-state index in [4.69, 9.17) is 0 Å². The number of benzene rings is 2. The van der Waals surface area contributed by atoms with Gasteiger partial charge in [0.25, 0.3) is 0 Å². The Morgan fingerprint density at radius 2 is 1.54 bits per heavy atom. The van der Waals surface area contributed by atoms with Gasteiger partial charge in [-0.05, 0) is 11.1 Å². The molecule has 1 nitrogen and oxygen atoms in total. The zero-order chi connectivity index (χ0) is 18.3.